The number of benzene rings is 1. The summed E-state index contributed by atoms with van der Waals surface area (Å²) in [6.07, 6.45) is 2.43. The maximum atomic E-state index is 13.6. The number of nitrogens with two attached hydrogens (primary N) is 1. The van der Waals surface area contributed by atoms with Crippen LogP contribution in [0, 0.1) is 11.6 Å². The van der Waals surface area contributed by atoms with Gasteiger partial charge in [0.25, 0.3) is 0 Å². The van der Waals surface area contributed by atoms with Gasteiger partial charge in [-0.3, -0.25) is 14.5 Å². The summed E-state index contributed by atoms with van der Waals surface area (Å²) in [5.41, 5.74) is 6.69. The number of carbonyl (C=O) groups excluding carboxylic acids is 2. The van der Waals surface area contributed by atoms with E-state index in [2.05, 4.69) is 15.6 Å². The topological polar surface area (TPSA) is 100 Å². The molecule has 1 unspecified atom stereocenters. The van der Waals surface area contributed by atoms with Crippen LogP contribution in [0.2, 0.25) is 0 Å². The van der Waals surface area contributed by atoms with E-state index in [-0.39, 0.29) is 18.9 Å². The Morgan fingerprint density at radius 1 is 1.13 bits per heavy atom. The second-order valence-corrected chi connectivity index (χ2v) is 7.48. The fourth-order valence-electron chi connectivity index (χ4n) is 3.00. The van der Waals surface area contributed by atoms with Crippen molar-refractivity contribution in [2.24, 2.45) is 0 Å². The van der Waals surface area contributed by atoms with Gasteiger partial charge < -0.3 is 16.4 Å². The van der Waals surface area contributed by atoms with Crippen LogP contribution >= 0.6 is 0 Å². The Balaban J connectivity index is 2.13. The zero-order valence-electron chi connectivity index (χ0n) is 18.0. The third-order valence-electron chi connectivity index (χ3n) is 4.99. The Kier molecular flexibility index (Phi) is 8.87. The summed E-state index contributed by atoms with van der Waals surface area (Å²) < 4.78 is 26.9. The summed E-state index contributed by atoms with van der Waals surface area (Å²) in [6, 6.07) is 5.34. The Labute approximate surface area is 181 Å². The number of anilines is 1. The lowest BCUT2D eigenvalue weighted by molar-refractivity contribution is -0.131. The summed E-state index contributed by atoms with van der Waals surface area (Å²) >= 11 is 0. The third kappa shape index (κ3) is 7.29. The van der Waals surface area contributed by atoms with E-state index in [1.165, 1.54) is 6.07 Å². The van der Waals surface area contributed by atoms with E-state index < -0.39 is 29.6 Å². The average molecular weight is 434 g/mol. The predicted molar refractivity (Wildman–Crippen MR) is 115 cm³/mol. The van der Waals surface area contributed by atoms with Crippen molar-refractivity contribution in [1.29, 1.82) is 0 Å². The van der Waals surface area contributed by atoms with Gasteiger partial charge in [0.05, 0.1) is 6.04 Å². The molecule has 7 nitrogen and oxygen atoms in total. The van der Waals surface area contributed by atoms with Gasteiger partial charge in [-0.2, -0.15) is 0 Å². The van der Waals surface area contributed by atoms with Crippen LogP contribution in [0.5, 0.6) is 0 Å². The zero-order chi connectivity index (χ0) is 23.0. The maximum Gasteiger partial charge on any atom is 0.243 e. The van der Waals surface area contributed by atoms with E-state index in [4.69, 9.17) is 5.73 Å². The molecule has 2 rings (SSSR count). The summed E-state index contributed by atoms with van der Waals surface area (Å²) in [4.78, 5) is 31.4. The minimum absolute atomic E-state index is 0.0129. The van der Waals surface area contributed by atoms with Gasteiger partial charge in [-0.05, 0) is 56.3 Å². The first-order valence-electron chi connectivity index (χ1n) is 10.1. The highest BCUT2D eigenvalue weighted by Crippen LogP contribution is 2.12. The van der Waals surface area contributed by atoms with Crippen molar-refractivity contribution < 1.29 is 18.4 Å². The molecular formula is C22H29F2N5O2. The number of hydrogen-bond donors (Lipinski definition) is 3. The van der Waals surface area contributed by atoms with Gasteiger partial charge in [0.15, 0.2) is 11.6 Å². The Morgan fingerprint density at radius 3 is 2.45 bits per heavy atom. The van der Waals surface area contributed by atoms with E-state index in [0.29, 0.717) is 11.4 Å². The minimum Gasteiger partial charge on any atom is -0.384 e. The fraction of sp³-hybridized carbons (Fsp3) is 0.409. The third-order valence-corrected chi connectivity index (χ3v) is 4.99. The molecule has 0 aliphatic heterocycles. The lowest BCUT2D eigenvalue weighted by atomic mass is 10.0. The Bertz CT molecular complexity index is 892. The van der Waals surface area contributed by atoms with Gasteiger partial charge in [0, 0.05) is 19.2 Å². The number of hydrogen-bond acceptors (Lipinski definition) is 5. The number of likely N-dealkylation sites (N-methyl/N-ethyl adjacent to an activating group) is 1. The van der Waals surface area contributed by atoms with E-state index in [1.807, 2.05) is 18.9 Å². The lowest BCUT2D eigenvalue weighted by Crippen LogP contribution is -2.53. The molecule has 2 aromatic rings. The highest BCUT2D eigenvalue weighted by atomic mass is 19.2. The predicted octanol–water partition coefficient (Wildman–Crippen LogP) is 2.02. The normalized spacial score (nSPS) is 13.0. The van der Waals surface area contributed by atoms with Crippen LogP contribution < -0.4 is 16.4 Å². The first-order valence-corrected chi connectivity index (χ1v) is 10.1. The van der Waals surface area contributed by atoms with Gasteiger partial charge >= 0.3 is 0 Å². The molecule has 0 radical (unpaired) electrons. The number of pyridine rings is 1. The van der Waals surface area contributed by atoms with Gasteiger partial charge in [-0.1, -0.05) is 19.1 Å². The quantitative estimate of drug-likeness (QED) is 0.532. The van der Waals surface area contributed by atoms with Crippen molar-refractivity contribution in [3.8, 4) is 0 Å². The Hall–Kier alpha value is -3.07. The van der Waals surface area contributed by atoms with Crippen LogP contribution in [0.1, 0.15) is 31.4 Å². The molecule has 9 heteroatoms. The van der Waals surface area contributed by atoms with Crippen LogP contribution in [0.4, 0.5) is 14.6 Å². The molecule has 0 aliphatic rings. The second kappa shape index (κ2) is 11.4. The van der Waals surface area contributed by atoms with Crippen molar-refractivity contribution in [3.05, 3.63) is 59.3 Å². The molecule has 0 fully saturated rings. The summed E-state index contributed by atoms with van der Waals surface area (Å²) in [6.45, 7) is 4.66. The lowest BCUT2D eigenvalue weighted by Gasteiger charge is -2.26. The van der Waals surface area contributed by atoms with E-state index in [0.717, 1.165) is 30.7 Å². The van der Waals surface area contributed by atoms with Gasteiger partial charge in [0.1, 0.15) is 11.9 Å². The van der Waals surface area contributed by atoms with Crippen LogP contribution in [-0.4, -0.2) is 47.4 Å². The van der Waals surface area contributed by atoms with Crippen molar-refractivity contribution >= 4 is 17.6 Å². The maximum absolute atomic E-state index is 13.6. The molecule has 2 amide bonds. The number of rotatable bonds is 10. The molecule has 0 saturated carbocycles. The number of amides is 2. The molecule has 0 saturated heterocycles. The minimum atomic E-state index is -1.01. The average Bonchev–Trinajstić information content (AvgIpc) is 2.74. The number of nitrogens with one attached hydrogen (secondary N) is 2. The first kappa shape index (κ1) is 24.2. The van der Waals surface area contributed by atoms with Crippen molar-refractivity contribution in [2.45, 2.75) is 45.3 Å². The highest BCUT2D eigenvalue weighted by molar-refractivity contribution is 5.89. The van der Waals surface area contributed by atoms with Crippen LogP contribution in [0.25, 0.3) is 0 Å². The number of nitrogen functional groups attached to an aromatic ring is 1. The van der Waals surface area contributed by atoms with Gasteiger partial charge in [-0.15, -0.1) is 0 Å². The highest BCUT2D eigenvalue weighted by Gasteiger charge is 2.25. The molecule has 1 aromatic heterocycles. The molecule has 31 heavy (non-hydrogen) atoms. The summed E-state index contributed by atoms with van der Waals surface area (Å²) in [5, 5.41) is 5.49. The molecule has 0 spiro atoms. The number of halogens is 2. The SMILES string of the molecule is CCCN(C)C(C)C(=O)N[C@@H](Cc1ccc(F)c(F)c1)C(=O)NCc1ccc(N)nc1. The monoisotopic (exact) mass is 433 g/mol. The van der Waals surface area contributed by atoms with Crippen molar-refractivity contribution in [1.82, 2.24) is 20.5 Å². The summed E-state index contributed by atoms with van der Waals surface area (Å²) in [7, 11) is 1.83. The van der Waals surface area contributed by atoms with Crippen LogP contribution in [-0.2, 0) is 22.6 Å². The molecule has 4 N–H and O–H groups in total. The number of nitrogens with zero attached hydrogens (tertiary/aromatic N) is 2. The summed E-state index contributed by atoms with van der Waals surface area (Å²) in [5.74, 6) is -2.39. The fourth-order valence-corrected chi connectivity index (χ4v) is 3.00. The molecule has 2 atom stereocenters. The van der Waals surface area contributed by atoms with Crippen molar-refractivity contribution in [2.75, 3.05) is 19.3 Å². The van der Waals surface area contributed by atoms with E-state index >= 15 is 0 Å². The van der Waals surface area contributed by atoms with Gasteiger partial charge in [-0.25, -0.2) is 13.8 Å². The second-order valence-electron chi connectivity index (χ2n) is 7.48. The van der Waals surface area contributed by atoms with E-state index in [9.17, 15) is 18.4 Å². The molecule has 1 aromatic carbocycles. The number of carbonyl (C=O) groups is 2. The van der Waals surface area contributed by atoms with Crippen LogP contribution in [0.15, 0.2) is 36.5 Å². The molecule has 168 valence electrons. The van der Waals surface area contributed by atoms with Crippen LogP contribution in [0.3, 0.4) is 0 Å². The largest absolute Gasteiger partial charge is 0.384 e. The number of aromatic nitrogens is 1. The first-order chi connectivity index (χ1) is 14.7. The smallest absolute Gasteiger partial charge is 0.243 e. The standard InChI is InChI=1S/C22H29F2N5O2/c1-4-9-29(3)14(2)21(30)28-19(11-15-5-7-17(23)18(24)10-15)22(31)27-13-16-6-8-20(25)26-12-16/h5-8,10,12,14,19H,4,9,11,13H2,1-3H3,(H2,25,26)(H,27,31)(H,28,30)/t14?,19-/m0/s1. The van der Waals surface area contributed by atoms with E-state index in [1.54, 1.807) is 25.3 Å². The molecule has 0 bridgehead atoms. The zero-order valence-corrected chi connectivity index (χ0v) is 18.0. The van der Waals surface area contributed by atoms with Gasteiger partial charge in [0.2, 0.25) is 11.8 Å². The molecular weight excluding hydrogens is 404 g/mol. The molecule has 0 aliphatic carbocycles. The Morgan fingerprint density at radius 2 is 1.84 bits per heavy atom. The van der Waals surface area contributed by atoms with Crippen molar-refractivity contribution in [3.63, 3.8) is 0 Å². The molecule has 1 heterocycles.